The van der Waals surface area contributed by atoms with Gasteiger partial charge in [-0.3, -0.25) is 19.1 Å². The second kappa shape index (κ2) is 9.20. The molecule has 1 spiro atoms. The van der Waals surface area contributed by atoms with E-state index in [1.54, 1.807) is 25.4 Å². The molecular formula is C27H33N5O4. The Bertz CT molecular complexity index is 1240. The van der Waals surface area contributed by atoms with Crippen LogP contribution in [0.15, 0.2) is 42.2 Å². The number of aromatic nitrogens is 2. The molecule has 2 aliphatic heterocycles. The van der Waals surface area contributed by atoms with Gasteiger partial charge in [-0.05, 0) is 67.2 Å². The van der Waals surface area contributed by atoms with Crippen LogP contribution in [0.5, 0.6) is 0 Å². The molecule has 9 heteroatoms. The van der Waals surface area contributed by atoms with Crippen molar-refractivity contribution in [2.24, 2.45) is 18.4 Å². The lowest BCUT2D eigenvalue weighted by atomic mass is 9.61. The minimum absolute atomic E-state index is 0.0172. The Morgan fingerprint density at radius 3 is 2.64 bits per heavy atom. The number of ether oxygens (including phenoxy) is 1. The third-order valence-electron chi connectivity index (χ3n) is 8.22. The standard InChI is InChI=1S/C27H33N5O4/c1-26(2)10-8-17(26)4-7-20(30-24(34)22-9-13-28-32(22)3)23(33)29-18-5-6-19-21(16-18)31-25(35)27(19)11-14-36-15-12-27/h5-7,9,13,16-17H,4,8,10-12,14-15H2,1-3H3,(H,29,33)(H,30,34)(H,31,35). The number of allylic oxidation sites excluding steroid dienone is 1. The van der Waals surface area contributed by atoms with Gasteiger partial charge in [-0.15, -0.1) is 0 Å². The van der Waals surface area contributed by atoms with Crippen molar-refractivity contribution in [3.8, 4) is 0 Å². The SMILES string of the molecule is Cn1nccc1C(=O)NC(=CCC1CCC1(C)C)C(=O)Nc1ccc2c(c1)NC(=O)C21CCOCC1. The Morgan fingerprint density at radius 1 is 1.22 bits per heavy atom. The van der Waals surface area contributed by atoms with Crippen LogP contribution in [-0.4, -0.2) is 40.7 Å². The van der Waals surface area contributed by atoms with Crippen molar-refractivity contribution in [1.29, 1.82) is 0 Å². The van der Waals surface area contributed by atoms with Crippen LogP contribution in [0.2, 0.25) is 0 Å². The number of amides is 3. The smallest absolute Gasteiger partial charge is 0.274 e. The number of nitrogens with one attached hydrogen (secondary N) is 3. The predicted molar refractivity (Wildman–Crippen MR) is 135 cm³/mol. The van der Waals surface area contributed by atoms with Crippen LogP contribution in [0.4, 0.5) is 11.4 Å². The van der Waals surface area contributed by atoms with Crippen LogP contribution < -0.4 is 16.0 Å². The highest BCUT2D eigenvalue weighted by Crippen LogP contribution is 2.48. The molecule has 1 aliphatic carbocycles. The minimum Gasteiger partial charge on any atom is -0.381 e. The molecule has 1 saturated heterocycles. The molecule has 190 valence electrons. The van der Waals surface area contributed by atoms with Crippen molar-refractivity contribution in [1.82, 2.24) is 15.1 Å². The van der Waals surface area contributed by atoms with Gasteiger partial charge < -0.3 is 20.7 Å². The highest BCUT2D eigenvalue weighted by atomic mass is 16.5. The molecule has 36 heavy (non-hydrogen) atoms. The van der Waals surface area contributed by atoms with Gasteiger partial charge >= 0.3 is 0 Å². The third kappa shape index (κ3) is 4.32. The topological polar surface area (TPSA) is 114 Å². The molecule has 1 unspecified atom stereocenters. The van der Waals surface area contributed by atoms with Crippen LogP contribution in [0.3, 0.4) is 0 Å². The Morgan fingerprint density at radius 2 is 2.00 bits per heavy atom. The van der Waals surface area contributed by atoms with Crippen molar-refractivity contribution >= 4 is 29.1 Å². The summed E-state index contributed by atoms with van der Waals surface area (Å²) in [5, 5.41) is 12.7. The molecule has 3 N–H and O–H groups in total. The van der Waals surface area contributed by atoms with Crippen molar-refractivity contribution in [3.05, 3.63) is 53.5 Å². The number of fused-ring (bicyclic) bond motifs is 2. The van der Waals surface area contributed by atoms with Gasteiger partial charge in [0.05, 0.1) is 5.41 Å². The van der Waals surface area contributed by atoms with Gasteiger partial charge in [-0.2, -0.15) is 5.10 Å². The van der Waals surface area contributed by atoms with E-state index < -0.39 is 17.2 Å². The maximum absolute atomic E-state index is 13.3. The summed E-state index contributed by atoms with van der Waals surface area (Å²) in [4.78, 5) is 39.0. The molecule has 2 fully saturated rings. The number of hydrogen-bond donors (Lipinski definition) is 3. The van der Waals surface area contributed by atoms with Gasteiger partial charge in [0.2, 0.25) is 5.91 Å². The summed E-state index contributed by atoms with van der Waals surface area (Å²) in [6.07, 6.45) is 7.60. The van der Waals surface area contributed by atoms with Crippen LogP contribution in [0, 0.1) is 11.3 Å². The number of anilines is 2. The molecule has 9 nitrogen and oxygen atoms in total. The van der Waals surface area contributed by atoms with Crippen molar-refractivity contribution in [2.45, 2.75) is 51.4 Å². The number of benzene rings is 1. The van der Waals surface area contributed by atoms with Gasteiger partial charge in [-0.1, -0.05) is 26.0 Å². The fourth-order valence-corrected chi connectivity index (χ4v) is 5.53. The van der Waals surface area contributed by atoms with E-state index in [1.165, 1.54) is 4.68 Å². The van der Waals surface area contributed by atoms with Gasteiger partial charge in [0.25, 0.3) is 11.8 Å². The highest BCUT2D eigenvalue weighted by Gasteiger charge is 2.47. The number of nitrogens with zero attached hydrogens (tertiary/aromatic N) is 2. The fourth-order valence-electron chi connectivity index (χ4n) is 5.53. The Balaban J connectivity index is 1.35. The maximum Gasteiger partial charge on any atom is 0.274 e. The van der Waals surface area contributed by atoms with E-state index in [-0.39, 0.29) is 17.0 Å². The molecule has 0 bridgehead atoms. The maximum atomic E-state index is 13.3. The summed E-state index contributed by atoms with van der Waals surface area (Å²) in [7, 11) is 1.68. The van der Waals surface area contributed by atoms with Crippen LogP contribution in [0.25, 0.3) is 0 Å². The molecule has 2 aromatic rings. The molecule has 5 rings (SSSR count). The molecule has 1 aromatic carbocycles. The Labute approximate surface area is 210 Å². The molecule has 3 heterocycles. The number of carbonyl (C=O) groups excluding carboxylic acids is 3. The van der Waals surface area contributed by atoms with Crippen LogP contribution >= 0.6 is 0 Å². The summed E-state index contributed by atoms with van der Waals surface area (Å²) in [5.41, 5.74) is 2.43. The molecule has 0 radical (unpaired) electrons. The van der Waals surface area contributed by atoms with Crippen molar-refractivity contribution in [2.75, 3.05) is 23.8 Å². The zero-order valence-corrected chi connectivity index (χ0v) is 21.0. The Hall–Kier alpha value is -3.46. The first-order valence-corrected chi connectivity index (χ1v) is 12.5. The largest absolute Gasteiger partial charge is 0.381 e. The zero-order valence-electron chi connectivity index (χ0n) is 21.0. The van der Waals surface area contributed by atoms with Gasteiger partial charge in [0.15, 0.2) is 0 Å². The lowest BCUT2D eigenvalue weighted by Gasteiger charge is -2.44. The first-order valence-electron chi connectivity index (χ1n) is 12.5. The Kier molecular flexibility index (Phi) is 6.20. The third-order valence-corrected chi connectivity index (χ3v) is 8.22. The number of rotatable bonds is 6. The van der Waals surface area contributed by atoms with Crippen LogP contribution in [-0.2, 0) is 26.8 Å². The van der Waals surface area contributed by atoms with E-state index in [0.717, 1.165) is 18.4 Å². The summed E-state index contributed by atoms with van der Waals surface area (Å²) < 4.78 is 6.94. The van der Waals surface area contributed by atoms with E-state index in [1.807, 2.05) is 18.2 Å². The average Bonchev–Trinajstić information content (AvgIpc) is 3.39. The molecule has 3 aliphatic rings. The summed E-state index contributed by atoms with van der Waals surface area (Å²) in [5.74, 6) is -0.365. The number of hydrogen-bond acceptors (Lipinski definition) is 5. The fraction of sp³-hybridized carbons (Fsp3) is 0.481. The lowest BCUT2D eigenvalue weighted by Crippen LogP contribution is -2.39. The second-order valence-electron chi connectivity index (χ2n) is 10.7. The molecule has 1 aromatic heterocycles. The van der Waals surface area contributed by atoms with E-state index in [9.17, 15) is 14.4 Å². The lowest BCUT2D eigenvalue weighted by molar-refractivity contribution is -0.124. The van der Waals surface area contributed by atoms with Gasteiger partial charge in [0, 0.05) is 37.8 Å². The van der Waals surface area contributed by atoms with E-state index in [2.05, 4.69) is 34.9 Å². The van der Waals surface area contributed by atoms with Crippen molar-refractivity contribution < 1.29 is 19.1 Å². The predicted octanol–water partition coefficient (Wildman–Crippen LogP) is 3.50. The van der Waals surface area contributed by atoms with E-state index >= 15 is 0 Å². The quantitative estimate of drug-likeness (QED) is 0.535. The van der Waals surface area contributed by atoms with Crippen LogP contribution in [0.1, 0.15) is 62.0 Å². The van der Waals surface area contributed by atoms with E-state index in [0.29, 0.717) is 55.5 Å². The monoisotopic (exact) mass is 491 g/mol. The molecule has 1 saturated carbocycles. The normalized spacial score (nSPS) is 21.9. The van der Waals surface area contributed by atoms with Crippen molar-refractivity contribution in [3.63, 3.8) is 0 Å². The highest BCUT2D eigenvalue weighted by molar-refractivity contribution is 6.10. The molecule has 1 atom stereocenters. The van der Waals surface area contributed by atoms with E-state index in [4.69, 9.17) is 4.74 Å². The summed E-state index contributed by atoms with van der Waals surface area (Å²) in [6, 6.07) is 7.10. The van der Waals surface area contributed by atoms with Gasteiger partial charge in [-0.25, -0.2) is 0 Å². The number of carbonyl (C=O) groups is 3. The minimum atomic E-state index is -0.562. The second-order valence-corrected chi connectivity index (χ2v) is 10.7. The molecular weight excluding hydrogens is 458 g/mol. The number of aryl methyl sites for hydroxylation is 1. The summed E-state index contributed by atoms with van der Waals surface area (Å²) >= 11 is 0. The van der Waals surface area contributed by atoms with Gasteiger partial charge in [0.1, 0.15) is 11.4 Å². The first kappa shape index (κ1) is 24.2. The summed E-state index contributed by atoms with van der Waals surface area (Å²) in [6.45, 7) is 5.56. The average molecular weight is 492 g/mol. The molecule has 3 amide bonds. The zero-order chi connectivity index (χ0) is 25.5. The first-order chi connectivity index (χ1) is 17.2.